The molecule has 110 valence electrons. The maximum Gasteiger partial charge on any atom is 0.219 e. The molecule has 1 amide bonds. The largest absolute Gasteiger partial charge is 0.343 e. The summed E-state index contributed by atoms with van der Waals surface area (Å²) in [6.07, 6.45) is 7.72. The molecule has 1 aliphatic carbocycles. The first-order valence-electron chi connectivity index (χ1n) is 8.08. The summed E-state index contributed by atoms with van der Waals surface area (Å²) >= 11 is 0. The summed E-state index contributed by atoms with van der Waals surface area (Å²) in [6.45, 7) is 8.27. The van der Waals surface area contributed by atoms with E-state index in [1.165, 1.54) is 25.7 Å². The van der Waals surface area contributed by atoms with E-state index in [4.69, 9.17) is 0 Å². The van der Waals surface area contributed by atoms with Gasteiger partial charge in [-0.15, -0.1) is 0 Å². The minimum Gasteiger partial charge on any atom is -0.343 e. The van der Waals surface area contributed by atoms with Gasteiger partial charge in [-0.05, 0) is 50.4 Å². The van der Waals surface area contributed by atoms with Gasteiger partial charge in [-0.1, -0.05) is 13.8 Å². The number of rotatable bonds is 3. The minimum absolute atomic E-state index is 0.232. The second-order valence-electron chi connectivity index (χ2n) is 6.80. The monoisotopic (exact) mass is 266 g/mol. The number of nitrogens with zero attached hydrogens (tertiary/aromatic N) is 1. The second kappa shape index (κ2) is 6.74. The highest BCUT2D eigenvalue weighted by molar-refractivity contribution is 5.73. The Morgan fingerprint density at radius 1 is 1.00 bits per heavy atom. The topological polar surface area (TPSA) is 32.3 Å². The van der Waals surface area contributed by atoms with Gasteiger partial charge in [-0.3, -0.25) is 4.79 Å². The van der Waals surface area contributed by atoms with Gasteiger partial charge in [-0.25, -0.2) is 0 Å². The maximum atomic E-state index is 11.3. The van der Waals surface area contributed by atoms with E-state index in [0.29, 0.717) is 6.04 Å². The molecule has 0 unspecified atom stereocenters. The lowest BCUT2D eigenvalue weighted by Crippen LogP contribution is -2.48. The number of hydrogen-bond donors (Lipinski definition) is 1. The van der Waals surface area contributed by atoms with Crippen molar-refractivity contribution in [1.29, 1.82) is 0 Å². The summed E-state index contributed by atoms with van der Waals surface area (Å²) in [4.78, 5) is 13.3. The van der Waals surface area contributed by atoms with Crippen LogP contribution >= 0.6 is 0 Å². The summed E-state index contributed by atoms with van der Waals surface area (Å²) in [5.74, 6) is 2.02. The third kappa shape index (κ3) is 4.20. The summed E-state index contributed by atoms with van der Waals surface area (Å²) in [6, 6.07) is 1.36. The molecule has 0 bridgehead atoms. The lowest BCUT2D eigenvalue weighted by atomic mass is 9.79. The number of carbonyl (C=O) groups excluding carboxylic acids is 1. The maximum absolute atomic E-state index is 11.3. The van der Waals surface area contributed by atoms with Crippen molar-refractivity contribution in [3.05, 3.63) is 0 Å². The Morgan fingerprint density at radius 3 is 2.00 bits per heavy atom. The number of nitrogens with one attached hydrogen (secondary N) is 1. The van der Waals surface area contributed by atoms with E-state index in [0.717, 1.165) is 43.8 Å². The van der Waals surface area contributed by atoms with E-state index in [-0.39, 0.29) is 5.91 Å². The quantitative estimate of drug-likeness (QED) is 0.852. The van der Waals surface area contributed by atoms with E-state index in [2.05, 4.69) is 19.2 Å². The fourth-order valence-electron chi connectivity index (χ4n) is 3.65. The van der Waals surface area contributed by atoms with E-state index in [1.807, 2.05) is 4.90 Å². The van der Waals surface area contributed by atoms with Gasteiger partial charge < -0.3 is 10.2 Å². The number of hydrogen-bond acceptors (Lipinski definition) is 2. The van der Waals surface area contributed by atoms with Crippen LogP contribution in [0.15, 0.2) is 0 Å². The molecule has 0 radical (unpaired) electrons. The van der Waals surface area contributed by atoms with Crippen LogP contribution in [0.3, 0.4) is 0 Å². The van der Waals surface area contributed by atoms with Crippen molar-refractivity contribution >= 4 is 5.91 Å². The van der Waals surface area contributed by atoms with Gasteiger partial charge in [-0.2, -0.15) is 0 Å². The molecule has 1 heterocycles. The van der Waals surface area contributed by atoms with Gasteiger partial charge in [0, 0.05) is 32.1 Å². The van der Waals surface area contributed by atoms with Crippen molar-refractivity contribution in [2.24, 2.45) is 11.8 Å². The van der Waals surface area contributed by atoms with Crippen LogP contribution in [0.5, 0.6) is 0 Å². The Hall–Kier alpha value is -0.570. The SMILES string of the molecule is CC(=O)N1CCC(NC2CCC(C(C)C)CC2)CC1. The summed E-state index contributed by atoms with van der Waals surface area (Å²) in [5, 5.41) is 3.84. The molecule has 1 saturated heterocycles. The minimum atomic E-state index is 0.232. The average Bonchev–Trinajstić information content (AvgIpc) is 2.40. The lowest BCUT2D eigenvalue weighted by Gasteiger charge is -2.37. The third-order valence-electron chi connectivity index (χ3n) is 5.13. The van der Waals surface area contributed by atoms with Crippen LogP contribution in [0.4, 0.5) is 0 Å². The first-order chi connectivity index (χ1) is 9.06. The van der Waals surface area contributed by atoms with E-state index in [1.54, 1.807) is 6.92 Å². The van der Waals surface area contributed by atoms with Crippen LogP contribution in [0.2, 0.25) is 0 Å². The highest BCUT2D eigenvalue weighted by atomic mass is 16.2. The summed E-state index contributed by atoms with van der Waals surface area (Å²) < 4.78 is 0. The molecule has 3 heteroatoms. The number of piperidine rings is 1. The Balaban J connectivity index is 1.68. The van der Waals surface area contributed by atoms with E-state index < -0.39 is 0 Å². The molecule has 2 rings (SSSR count). The highest BCUT2D eigenvalue weighted by Gasteiger charge is 2.26. The molecule has 0 aromatic rings. The number of amides is 1. The van der Waals surface area contributed by atoms with Crippen LogP contribution in [-0.2, 0) is 4.79 Å². The second-order valence-corrected chi connectivity index (χ2v) is 6.80. The molecule has 3 nitrogen and oxygen atoms in total. The highest BCUT2D eigenvalue weighted by Crippen LogP contribution is 2.30. The van der Waals surface area contributed by atoms with Crippen molar-refractivity contribution in [3.63, 3.8) is 0 Å². The first-order valence-corrected chi connectivity index (χ1v) is 8.08. The third-order valence-corrected chi connectivity index (χ3v) is 5.13. The number of carbonyl (C=O) groups is 1. The van der Waals surface area contributed by atoms with Crippen molar-refractivity contribution < 1.29 is 4.79 Å². The molecule has 1 saturated carbocycles. The zero-order valence-corrected chi connectivity index (χ0v) is 12.8. The molecule has 1 aliphatic heterocycles. The molecule has 2 fully saturated rings. The molecule has 1 N–H and O–H groups in total. The Morgan fingerprint density at radius 2 is 1.53 bits per heavy atom. The van der Waals surface area contributed by atoms with Crippen LogP contribution in [-0.4, -0.2) is 36.0 Å². The van der Waals surface area contributed by atoms with Crippen molar-refractivity contribution in [2.45, 2.75) is 71.4 Å². The van der Waals surface area contributed by atoms with Gasteiger partial charge in [0.1, 0.15) is 0 Å². The van der Waals surface area contributed by atoms with E-state index in [9.17, 15) is 4.79 Å². The molecule has 0 aromatic heterocycles. The Labute approximate surface area is 118 Å². The van der Waals surface area contributed by atoms with Crippen LogP contribution in [0.1, 0.15) is 59.3 Å². The van der Waals surface area contributed by atoms with Gasteiger partial charge in [0.05, 0.1) is 0 Å². The zero-order valence-electron chi connectivity index (χ0n) is 12.8. The Kier molecular flexibility index (Phi) is 5.26. The predicted octanol–water partition coefficient (Wildman–Crippen LogP) is 2.80. The smallest absolute Gasteiger partial charge is 0.219 e. The molecular formula is C16H30N2O. The van der Waals surface area contributed by atoms with Crippen molar-refractivity contribution in [3.8, 4) is 0 Å². The van der Waals surface area contributed by atoms with E-state index >= 15 is 0 Å². The zero-order chi connectivity index (χ0) is 13.8. The fraction of sp³-hybridized carbons (Fsp3) is 0.938. The van der Waals surface area contributed by atoms with Crippen LogP contribution < -0.4 is 5.32 Å². The molecule has 19 heavy (non-hydrogen) atoms. The van der Waals surface area contributed by atoms with Gasteiger partial charge in [0.25, 0.3) is 0 Å². The van der Waals surface area contributed by atoms with Crippen LogP contribution in [0, 0.1) is 11.8 Å². The Bertz CT molecular complexity index is 287. The molecule has 2 aliphatic rings. The van der Waals surface area contributed by atoms with Crippen molar-refractivity contribution in [1.82, 2.24) is 10.2 Å². The lowest BCUT2D eigenvalue weighted by molar-refractivity contribution is -0.129. The molecule has 0 aromatic carbocycles. The van der Waals surface area contributed by atoms with Crippen LogP contribution in [0.25, 0.3) is 0 Å². The molecule has 0 atom stereocenters. The van der Waals surface area contributed by atoms with Gasteiger partial charge in [0.15, 0.2) is 0 Å². The van der Waals surface area contributed by atoms with Crippen molar-refractivity contribution in [2.75, 3.05) is 13.1 Å². The predicted molar refractivity (Wildman–Crippen MR) is 79.0 cm³/mol. The fourth-order valence-corrected chi connectivity index (χ4v) is 3.65. The molecule has 0 spiro atoms. The number of likely N-dealkylation sites (tertiary alicyclic amines) is 1. The van der Waals surface area contributed by atoms with Gasteiger partial charge >= 0.3 is 0 Å². The normalized spacial score (nSPS) is 29.8. The van der Waals surface area contributed by atoms with Gasteiger partial charge in [0.2, 0.25) is 5.91 Å². The average molecular weight is 266 g/mol. The first kappa shape index (κ1) is 14.8. The standard InChI is InChI=1S/C16H30N2O/c1-12(2)14-4-6-15(7-5-14)17-16-8-10-18(11-9-16)13(3)19/h12,14-17H,4-11H2,1-3H3. The summed E-state index contributed by atoms with van der Waals surface area (Å²) in [7, 11) is 0. The molecular weight excluding hydrogens is 236 g/mol. The summed E-state index contributed by atoms with van der Waals surface area (Å²) in [5.41, 5.74) is 0.